The molecule has 2 aromatic carbocycles. The van der Waals surface area contributed by atoms with E-state index in [1.54, 1.807) is 6.07 Å². The van der Waals surface area contributed by atoms with Gasteiger partial charge in [-0.25, -0.2) is 0 Å². The van der Waals surface area contributed by atoms with Crippen molar-refractivity contribution >= 4 is 17.8 Å². The van der Waals surface area contributed by atoms with Crippen molar-refractivity contribution in [1.29, 1.82) is 0 Å². The van der Waals surface area contributed by atoms with Crippen LogP contribution in [-0.2, 0) is 20.5 Å². The molecule has 1 aliphatic rings. The van der Waals surface area contributed by atoms with E-state index in [0.717, 1.165) is 29.8 Å². The SMILES string of the molecule is CC(OC(=O)CNC(=O)c1ccc(C(F)(F)F)cc1)C(=O)NC1CCOc2ccccc21. The van der Waals surface area contributed by atoms with Gasteiger partial charge in [-0.2, -0.15) is 13.2 Å². The monoisotopic (exact) mass is 450 g/mol. The number of benzene rings is 2. The van der Waals surface area contributed by atoms with E-state index in [0.29, 0.717) is 18.8 Å². The molecule has 2 amide bonds. The van der Waals surface area contributed by atoms with Gasteiger partial charge < -0.3 is 20.1 Å². The van der Waals surface area contributed by atoms with Gasteiger partial charge in [0.25, 0.3) is 11.8 Å². The topological polar surface area (TPSA) is 93.7 Å². The van der Waals surface area contributed by atoms with Crippen LogP contribution in [0.2, 0.25) is 0 Å². The van der Waals surface area contributed by atoms with Crippen LogP contribution in [0.4, 0.5) is 13.2 Å². The van der Waals surface area contributed by atoms with E-state index in [4.69, 9.17) is 9.47 Å². The number of hydrogen-bond acceptors (Lipinski definition) is 5. The highest BCUT2D eigenvalue weighted by atomic mass is 19.4. The molecule has 0 aliphatic carbocycles. The van der Waals surface area contributed by atoms with Gasteiger partial charge in [-0.1, -0.05) is 18.2 Å². The van der Waals surface area contributed by atoms with Crippen LogP contribution in [0.25, 0.3) is 0 Å². The zero-order valence-electron chi connectivity index (χ0n) is 17.1. The van der Waals surface area contributed by atoms with Crippen LogP contribution in [0.1, 0.15) is 40.9 Å². The minimum atomic E-state index is -4.51. The summed E-state index contributed by atoms with van der Waals surface area (Å²) in [6, 6.07) is 10.6. The van der Waals surface area contributed by atoms with Crippen LogP contribution in [-0.4, -0.2) is 37.0 Å². The molecule has 7 nitrogen and oxygen atoms in total. The lowest BCUT2D eigenvalue weighted by molar-refractivity contribution is -0.154. The molecule has 170 valence electrons. The predicted molar refractivity (Wildman–Crippen MR) is 107 cm³/mol. The molecule has 1 aliphatic heterocycles. The number of halogens is 3. The fraction of sp³-hybridized carbons (Fsp3) is 0.318. The number of hydrogen-bond donors (Lipinski definition) is 2. The zero-order valence-corrected chi connectivity index (χ0v) is 17.1. The van der Waals surface area contributed by atoms with E-state index in [2.05, 4.69) is 10.6 Å². The maximum atomic E-state index is 12.6. The average molecular weight is 450 g/mol. The van der Waals surface area contributed by atoms with Crippen LogP contribution < -0.4 is 15.4 Å². The lowest BCUT2D eigenvalue weighted by atomic mass is 10.0. The predicted octanol–water partition coefficient (Wildman–Crippen LogP) is 3.01. The molecule has 2 atom stereocenters. The molecule has 0 radical (unpaired) electrons. The van der Waals surface area contributed by atoms with Crippen molar-refractivity contribution in [1.82, 2.24) is 10.6 Å². The van der Waals surface area contributed by atoms with E-state index in [1.165, 1.54) is 6.92 Å². The van der Waals surface area contributed by atoms with Crippen LogP contribution >= 0.6 is 0 Å². The van der Waals surface area contributed by atoms with Gasteiger partial charge >= 0.3 is 12.1 Å². The summed E-state index contributed by atoms with van der Waals surface area (Å²) in [5.41, 5.74) is -0.107. The number of amides is 2. The van der Waals surface area contributed by atoms with Gasteiger partial charge in [0.2, 0.25) is 0 Å². The Labute approximate surface area is 181 Å². The number of para-hydroxylation sites is 1. The van der Waals surface area contributed by atoms with Gasteiger partial charge in [0.05, 0.1) is 18.2 Å². The fourth-order valence-corrected chi connectivity index (χ4v) is 3.14. The Morgan fingerprint density at radius 3 is 2.50 bits per heavy atom. The molecule has 0 bridgehead atoms. The molecule has 0 aromatic heterocycles. The number of carbonyl (C=O) groups excluding carboxylic acids is 3. The molecule has 2 aromatic rings. The summed E-state index contributed by atoms with van der Waals surface area (Å²) in [5.74, 6) is -1.43. The third-order valence-electron chi connectivity index (χ3n) is 4.82. The number of fused-ring (bicyclic) bond motifs is 1. The second kappa shape index (κ2) is 9.71. The highest BCUT2D eigenvalue weighted by molar-refractivity contribution is 5.96. The molecule has 3 rings (SSSR count). The quantitative estimate of drug-likeness (QED) is 0.660. The van der Waals surface area contributed by atoms with E-state index < -0.39 is 42.2 Å². The van der Waals surface area contributed by atoms with Crippen molar-refractivity contribution < 1.29 is 37.0 Å². The van der Waals surface area contributed by atoms with Crippen LogP contribution in [0.3, 0.4) is 0 Å². The van der Waals surface area contributed by atoms with Crippen molar-refractivity contribution in [3.63, 3.8) is 0 Å². The summed E-state index contributed by atoms with van der Waals surface area (Å²) in [5, 5.41) is 5.07. The van der Waals surface area contributed by atoms with Crippen molar-refractivity contribution in [2.45, 2.75) is 31.7 Å². The Hall–Kier alpha value is -3.56. The van der Waals surface area contributed by atoms with Gasteiger partial charge in [-0.15, -0.1) is 0 Å². The molecule has 0 saturated carbocycles. The number of ether oxygens (including phenoxy) is 2. The summed E-state index contributed by atoms with van der Waals surface area (Å²) in [6.07, 6.45) is -5.06. The molecule has 0 saturated heterocycles. The van der Waals surface area contributed by atoms with Crippen molar-refractivity contribution in [3.8, 4) is 5.75 Å². The fourth-order valence-electron chi connectivity index (χ4n) is 3.14. The first-order valence-electron chi connectivity index (χ1n) is 9.82. The minimum absolute atomic E-state index is 0.0465. The standard InChI is InChI=1S/C22H21F3N2O5/c1-13(20(29)27-17-10-11-31-18-5-3-2-4-16(17)18)32-19(28)12-26-21(30)14-6-8-15(9-7-14)22(23,24)25/h2-9,13,17H,10-12H2,1H3,(H,26,30)(H,27,29). The average Bonchev–Trinajstić information content (AvgIpc) is 2.77. The molecule has 0 fully saturated rings. The Morgan fingerprint density at radius 1 is 1.12 bits per heavy atom. The van der Waals surface area contributed by atoms with Crippen molar-refractivity contribution in [2.75, 3.05) is 13.2 Å². The first-order chi connectivity index (χ1) is 15.1. The number of esters is 1. The van der Waals surface area contributed by atoms with Crippen molar-refractivity contribution in [3.05, 3.63) is 65.2 Å². The van der Waals surface area contributed by atoms with Crippen molar-refractivity contribution in [2.24, 2.45) is 0 Å². The van der Waals surface area contributed by atoms with Gasteiger partial charge in [-0.3, -0.25) is 14.4 Å². The Kier molecular flexibility index (Phi) is 7.01. The van der Waals surface area contributed by atoms with Gasteiger partial charge in [0.1, 0.15) is 12.3 Å². The molecule has 32 heavy (non-hydrogen) atoms. The maximum absolute atomic E-state index is 12.6. The maximum Gasteiger partial charge on any atom is 0.416 e. The van der Waals surface area contributed by atoms with Crippen LogP contribution in [0.15, 0.2) is 48.5 Å². The first-order valence-corrected chi connectivity index (χ1v) is 9.82. The molecular formula is C22H21F3N2O5. The highest BCUT2D eigenvalue weighted by Crippen LogP contribution is 2.31. The molecule has 2 unspecified atom stereocenters. The molecular weight excluding hydrogens is 429 g/mol. The third kappa shape index (κ3) is 5.77. The second-order valence-electron chi connectivity index (χ2n) is 7.13. The van der Waals surface area contributed by atoms with Gasteiger partial charge in [-0.05, 0) is 37.3 Å². The first kappa shape index (κ1) is 23.1. The van der Waals surface area contributed by atoms with Crippen LogP contribution in [0.5, 0.6) is 5.75 Å². The molecule has 0 spiro atoms. The smallest absolute Gasteiger partial charge is 0.416 e. The van der Waals surface area contributed by atoms with Gasteiger partial charge in [0, 0.05) is 17.5 Å². The Morgan fingerprint density at radius 2 is 1.81 bits per heavy atom. The van der Waals surface area contributed by atoms with E-state index >= 15 is 0 Å². The second-order valence-corrected chi connectivity index (χ2v) is 7.13. The summed E-state index contributed by atoms with van der Waals surface area (Å²) in [6.45, 7) is 1.29. The summed E-state index contributed by atoms with van der Waals surface area (Å²) >= 11 is 0. The number of nitrogens with one attached hydrogen (secondary N) is 2. The van der Waals surface area contributed by atoms with E-state index in [-0.39, 0.29) is 11.6 Å². The van der Waals surface area contributed by atoms with Gasteiger partial charge in [0.15, 0.2) is 6.10 Å². The van der Waals surface area contributed by atoms with E-state index in [9.17, 15) is 27.6 Å². The third-order valence-corrected chi connectivity index (χ3v) is 4.82. The molecule has 2 N–H and O–H groups in total. The summed E-state index contributed by atoms with van der Waals surface area (Å²) < 4.78 is 48.3. The summed E-state index contributed by atoms with van der Waals surface area (Å²) in [7, 11) is 0. The zero-order chi connectivity index (χ0) is 23.3. The number of rotatable bonds is 6. The Bertz CT molecular complexity index is 992. The normalized spacial score (nSPS) is 16.2. The highest BCUT2D eigenvalue weighted by Gasteiger charge is 2.30. The largest absolute Gasteiger partial charge is 0.493 e. The lowest BCUT2D eigenvalue weighted by Gasteiger charge is -2.27. The molecule has 1 heterocycles. The minimum Gasteiger partial charge on any atom is -0.493 e. The van der Waals surface area contributed by atoms with E-state index in [1.807, 2.05) is 18.2 Å². The number of carbonyl (C=O) groups is 3. The van der Waals surface area contributed by atoms with Crippen LogP contribution in [0, 0.1) is 0 Å². The Balaban J connectivity index is 1.47. The molecule has 10 heteroatoms. The summed E-state index contributed by atoms with van der Waals surface area (Å²) in [4.78, 5) is 36.4. The number of alkyl halides is 3. The lowest BCUT2D eigenvalue weighted by Crippen LogP contribution is -2.41.